The van der Waals surface area contributed by atoms with E-state index in [1.165, 1.54) is 122 Å². The molecule has 0 radical (unpaired) electrons. The second-order valence-corrected chi connectivity index (χ2v) is 31.8. The van der Waals surface area contributed by atoms with Crippen molar-refractivity contribution in [2.24, 2.45) is 0 Å². The average molecular weight is 1080 g/mol. The standard InChI is InChI=1S/C72H98.H4O3P2/c1-43-34-48(58(69(17,18)19)39-54(43)65(5,6)7)50-38-51(49-35-44(2)55(66(8,9)10)40-59(49)70(20,21)22)63(52-36-45(3)56(67(11,12)13)41-60(52)71(23,24)25)64(62(50)47-32-30-29-31-33-47)53-37-46(4)57(68(14,15)16)42-61(53)72(26,27)28;1-4-3-5-2/h29-42H,1-28H3;1-2,4-5H. The summed E-state index contributed by atoms with van der Waals surface area (Å²) in [6.07, 6.45) is 0. The summed E-state index contributed by atoms with van der Waals surface area (Å²) in [6, 6.07) is 34.8. The summed E-state index contributed by atoms with van der Waals surface area (Å²) in [5.74, 6) is 0. The second kappa shape index (κ2) is 22.5. The van der Waals surface area contributed by atoms with Crippen molar-refractivity contribution in [1.82, 2.24) is 0 Å². The molecule has 0 saturated carbocycles. The summed E-state index contributed by atoms with van der Waals surface area (Å²) in [5.41, 5.74) is 28.8. The van der Waals surface area contributed by atoms with Crippen LogP contribution in [-0.2, 0) is 47.6 Å². The van der Waals surface area contributed by atoms with E-state index in [2.05, 4.69) is 283 Å². The van der Waals surface area contributed by atoms with Gasteiger partial charge >= 0.3 is 0 Å². The summed E-state index contributed by atoms with van der Waals surface area (Å²) < 4.78 is 4.00. The van der Waals surface area contributed by atoms with Crippen LogP contribution >= 0.6 is 18.1 Å². The van der Waals surface area contributed by atoms with E-state index >= 15 is 0 Å². The first-order valence-electron chi connectivity index (χ1n) is 28.2. The van der Waals surface area contributed by atoms with Gasteiger partial charge in [-0.05, 0) is 199 Å². The predicted molar refractivity (Wildman–Crippen MR) is 344 cm³/mol. The molecule has 0 aliphatic heterocycles. The maximum absolute atomic E-state index is 7.72. The minimum atomic E-state index is -0.580. The molecule has 2 atom stereocenters. The minimum absolute atomic E-state index is 0.0205. The normalized spacial score (nSPS) is 13.5. The first kappa shape index (κ1) is 63.9. The van der Waals surface area contributed by atoms with Crippen LogP contribution in [0.4, 0.5) is 0 Å². The van der Waals surface area contributed by atoms with E-state index in [4.69, 9.17) is 9.79 Å². The highest BCUT2D eigenvalue weighted by Crippen LogP contribution is 2.57. The molecule has 0 aliphatic carbocycles. The minimum Gasteiger partial charge on any atom is -0.352 e. The zero-order valence-corrected chi connectivity index (χ0v) is 55.4. The Labute approximate surface area is 474 Å². The fourth-order valence-electron chi connectivity index (χ4n) is 12.0. The zero-order valence-electron chi connectivity index (χ0n) is 53.4. The maximum atomic E-state index is 7.72. The van der Waals surface area contributed by atoms with Crippen LogP contribution in [0.5, 0.6) is 0 Å². The lowest BCUT2D eigenvalue weighted by Gasteiger charge is -2.36. The van der Waals surface area contributed by atoms with Gasteiger partial charge < -0.3 is 9.79 Å². The fraction of sp³-hybridized carbons (Fsp3) is 0.500. The first-order chi connectivity index (χ1) is 34.9. The molecule has 6 aromatic carbocycles. The molecule has 0 heterocycles. The van der Waals surface area contributed by atoms with E-state index in [-0.39, 0.29) is 43.3 Å². The third-order valence-electron chi connectivity index (χ3n) is 15.5. The molecule has 418 valence electrons. The van der Waals surface area contributed by atoms with Crippen molar-refractivity contribution in [3.05, 3.63) is 152 Å². The van der Waals surface area contributed by atoms with Crippen LogP contribution in [-0.4, -0.2) is 9.79 Å². The number of hydrogen-bond acceptors (Lipinski definition) is 3. The van der Waals surface area contributed by atoms with Crippen molar-refractivity contribution in [1.29, 1.82) is 0 Å². The topological polar surface area (TPSA) is 49.7 Å². The Bertz CT molecular complexity index is 3090. The van der Waals surface area contributed by atoms with E-state index in [9.17, 15) is 0 Å². The molecular formula is C72H102O3P2. The number of benzene rings is 6. The van der Waals surface area contributed by atoms with Crippen LogP contribution in [0.15, 0.2) is 84.9 Å². The second-order valence-electron chi connectivity index (χ2n) is 30.6. The van der Waals surface area contributed by atoms with E-state index in [1.807, 2.05) is 0 Å². The van der Waals surface area contributed by atoms with E-state index < -0.39 is 18.1 Å². The van der Waals surface area contributed by atoms with Gasteiger partial charge in [0.15, 0.2) is 18.1 Å². The highest BCUT2D eigenvalue weighted by atomic mass is 31.2. The van der Waals surface area contributed by atoms with Crippen LogP contribution in [0.3, 0.4) is 0 Å². The van der Waals surface area contributed by atoms with Gasteiger partial charge in [-0.2, -0.15) is 0 Å². The van der Waals surface area contributed by atoms with Crippen LogP contribution in [0, 0.1) is 27.7 Å². The summed E-state index contributed by atoms with van der Waals surface area (Å²) >= 11 is 0. The number of aryl methyl sites for hydroxylation is 4. The lowest BCUT2D eigenvalue weighted by atomic mass is 9.68. The fourth-order valence-corrected chi connectivity index (χ4v) is 12.2. The lowest BCUT2D eigenvalue weighted by Crippen LogP contribution is -2.21. The van der Waals surface area contributed by atoms with Crippen molar-refractivity contribution in [3.63, 3.8) is 0 Å². The predicted octanol–water partition coefficient (Wildman–Crippen LogP) is 21.6. The molecule has 6 rings (SSSR count). The van der Waals surface area contributed by atoms with Gasteiger partial charge in [0, 0.05) is 0 Å². The Morgan fingerprint density at radius 3 is 0.779 bits per heavy atom. The Hall–Kier alpha value is -3.94. The highest BCUT2D eigenvalue weighted by Gasteiger charge is 2.36. The summed E-state index contributed by atoms with van der Waals surface area (Å²) in [6.45, 7) is 67.1. The largest absolute Gasteiger partial charge is 0.352 e. The number of rotatable bonds is 7. The van der Waals surface area contributed by atoms with Crippen LogP contribution in [0.2, 0.25) is 0 Å². The Morgan fingerprint density at radius 1 is 0.273 bits per heavy atom. The zero-order chi connectivity index (χ0) is 58.7. The molecule has 0 spiro atoms. The molecule has 0 amide bonds. The summed E-state index contributed by atoms with van der Waals surface area (Å²) in [4.78, 5) is 15.4. The molecule has 5 heteroatoms. The maximum Gasteiger partial charge on any atom is 0.158 e. The quantitative estimate of drug-likeness (QED) is 0.157. The van der Waals surface area contributed by atoms with Crippen LogP contribution in [0.1, 0.15) is 233 Å². The van der Waals surface area contributed by atoms with E-state index in [0.717, 1.165) is 0 Å². The smallest absolute Gasteiger partial charge is 0.158 e. The van der Waals surface area contributed by atoms with E-state index in [1.54, 1.807) is 0 Å². The van der Waals surface area contributed by atoms with Crippen molar-refractivity contribution in [2.75, 3.05) is 0 Å². The van der Waals surface area contributed by atoms with Gasteiger partial charge in [-0.25, -0.2) is 0 Å². The summed E-state index contributed by atoms with van der Waals surface area (Å²) in [5, 5.41) is 0. The molecule has 0 saturated heterocycles. The van der Waals surface area contributed by atoms with Gasteiger partial charge in [0.05, 0.1) is 0 Å². The average Bonchev–Trinajstić information content (AvgIpc) is 3.25. The van der Waals surface area contributed by atoms with Gasteiger partial charge in [-0.3, -0.25) is 4.31 Å². The monoisotopic (exact) mass is 1080 g/mol. The molecular weight excluding hydrogens is 975 g/mol. The molecule has 77 heavy (non-hydrogen) atoms. The molecule has 0 fully saturated rings. The van der Waals surface area contributed by atoms with Crippen molar-refractivity contribution >= 4 is 18.1 Å². The molecule has 6 aromatic rings. The van der Waals surface area contributed by atoms with Crippen molar-refractivity contribution < 1.29 is 14.1 Å². The van der Waals surface area contributed by atoms with Gasteiger partial charge in [0.2, 0.25) is 0 Å². The van der Waals surface area contributed by atoms with Gasteiger partial charge in [0.25, 0.3) is 0 Å². The first-order valence-corrected chi connectivity index (χ1v) is 29.9. The van der Waals surface area contributed by atoms with Crippen molar-refractivity contribution in [2.45, 2.75) is 237 Å². The molecule has 0 aliphatic rings. The number of hydrogen-bond donors (Lipinski definition) is 2. The van der Waals surface area contributed by atoms with E-state index in [0.29, 0.717) is 0 Å². The molecule has 2 N–H and O–H groups in total. The molecule has 0 bridgehead atoms. The SMILES string of the molecule is Cc1cc(-c2cc(-c3cc(C)c(C(C)(C)C)cc3C(C)(C)C)c(-c3cc(C)c(C(C)(C)C)cc3C(C)(C)C)c(-c3cc(C)c(C(C)(C)C)cc3C(C)(C)C)c2-c2ccccc2)c(C(C)(C)C)cc1C(C)(C)C.OPOPO. The van der Waals surface area contributed by atoms with Gasteiger partial charge in [-0.15, -0.1) is 0 Å². The summed E-state index contributed by atoms with van der Waals surface area (Å²) in [7, 11) is -1.16. The Kier molecular flexibility index (Phi) is 18.7. The van der Waals surface area contributed by atoms with Gasteiger partial charge in [0.1, 0.15) is 0 Å². The molecule has 3 nitrogen and oxygen atoms in total. The third kappa shape index (κ3) is 14.2. The third-order valence-corrected chi connectivity index (χ3v) is 16.3. The van der Waals surface area contributed by atoms with Crippen LogP contribution < -0.4 is 0 Å². The Morgan fingerprint density at radius 2 is 0.519 bits per heavy atom. The Balaban J connectivity index is 0.00000209. The highest BCUT2D eigenvalue weighted by molar-refractivity contribution is 7.39. The molecule has 0 aromatic heterocycles. The molecule has 2 unspecified atom stereocenters. The van der Waals surface area contributed by atoms with Gasteiger partial charge in [-0.1, -0.05) is 245 Å². The van der Waals surface area contributed by atoms with Crippen LogP contribution in [0.25, 0.3) is 55.6 Å². The van der Waals surface area contributed by atoms with Crippen molar-refractivity contribution in [3.8, 4) is 55.6 Å². The lowest BCUT2D eigenvalue weighted by molar-refractivity contribution is 0.496.